The third kappa shape index (κ3) is 3.16. The van der Waals surface area contributed by atoms with E-state index in [9.17, 15) is 4.79 Å². The minimum absolute atomic E-state index is 0.00739. The molecule has 0 saturated heterocycles. The molecule has 7 heteroatoms. The van der Waals surface area contributed by atoms with Crippen molar-refractivity contribution in [3.05, 3.63) is 35.7 Å². The SMILES string of the molecule is CCn1nc2c(c1C(=O)NC1CC(Cn3ccnc3)C1)C[C@H](C)O[C@@H]2C. The summed E-state index contributed by atoms with van der Waals surface area (Å²) in [6.45, 7) is 7.74. The third-order valence-electron chi connectivity index (χ3n) is 5.51. The lowest BCUT2D eigenvalue weighted by molar-refractivity contribution is -0.00712. The van der Waals surface area contributed by atoms with Crippen molar-refractivity contribution in [2.75, 3.05) is 0 Å². The zero-order valence-electron chi connectivity index (χ0n) is 15.7. The lowest BCUT2D eigenvalue weighted by atomic mass is 9.80. The Bertz CT molecular complexity index is 776. The van der Waals surface area contributed by atoms with Crippen LogP contribution in [0.2, 0.25) is 0 Å². The topological polar surface area (TPSA) is 74.0 Å². The summed E-state index contributed by atoms with van der Waals surface area (Å²) in [5.74, 6) is 0.612. The van der Waals surface area contributed by atoms with Gasteiger partial charge in [-0.2, -0.15) is 5.10 Å². The van der Waals surface area contributed by atoms with Crippen molar-refractivity contribution in [2.24, 2.45) is 5.92 Å². The molecule has 2 aromatic heterocycles. The van der Waals surface area contributed by atoms with Crippen molar-refractivity contribution in [1.29, 1.82) is 0 Å². The molecule has 0 radical (unpaired) electrons. The van der Waals surface area contributed by atoms with Crippen molar-refractivity contribution in [2.45, 2.75) is 71.4 Å². The average molecular weight is 357 g/mol. The zero-order chi connectivity index (χ0) is 18.3. The van der Waals surface area contributed by atoms with Crippen LogP contribution in [-0.4, -0.2) is 37.4 Å². The molecule has 26 heavy (non-hydrogen) atoms. The first-order valence-electron chi connectivity index (χ1n) is 9.56. The second-order valence-electron chi connectivity index (χ2n) is 7.59. The number of carbonyl (C=O) groups is 1. The number of amides is 1. The molecule has 1 aliphatic carbocycles. The van der Waals surface area contributed by atoms with Crippen LogP contribution < -0.4 is 5.32 Å². The summed E-state index contributed by atoms with van der Waals surface area (Å²) >= 11 is 0. The van der Waals surface area contributed by atoms with Crippen molar-refractivity contribution in [3.63, 3.8) is 0 Å². The monoisotopic (exact) mass is 357 g/mol. The van der Waals surface area contributed by atoms with Crippen LogP contribution in [0.5, 0.6) is 0 Å². The van der Waals surface area contributed by atoms with Crippen LogP contribution >= 0.6 is 0 Å². The van der Waals surface area contributed by atoms with Gasteiger partial charge in [-0.15, -0.1) is 0 Å². The number of nitrogens with zero attached hydrogens (tertiary/aromatic N) is 4. The van der Waals surface area contributed by atoms with E-state index in [4.69, 9.17) is 4.74 Å². The van der Waals surface area contributed by atoms with Crippen molar-refractivity contribution >= 4 is 5.91 Å². The van der Waals surface area contributed by atoms with Gasteiger partial charge < -0.3 is 14.6 Å². The summed E-state index contributed by atoms with van der Waals surface area (Å²) in [6, 6.07) is 0.251. The first kappa shape index (κ1) is 17.3. The van der Waals surface area contributed by atoms with Crippen molar-refractivity contribution in [3.8, 4) is 0 Å². The predicted molar refractivity (Wildman–Crippen MR) is 96.8 cm³/mol. The van der Waals surface area contributed by atoms with Crippen molar-refractivity contribution < 1.29 is 9.53 Å². The van der Waals surface area contributed by atoms with E-state index in [1.54, 1.807) is 6.20 Å². The molecule has 2 atom stereocenters. The number of nitrogens with one attached hydrogen (secondary N) is 1. The van der Waals surface area contributed by atoms with E-state index in [0.29, 0.717) is 12.5 Å². The minimum atomic E-state index is -0.0589. The second-order valence-corrected chi connectivity index (χ2v) is 7.59. The number of rotatable bonds is 5. The van der Waals surface area contributed by atoms with Gasteiger partial charge in [-0.3, -0.25) is 9.48 Å². The van der Waals surface area contributed by atoms with Gasteiger partial charge in [-0.05, 0) is 39.5 Å². The van der Waals surface area contributed by atoms with Gasteiger partial charge in [-0.1, -0.05) is 0 Å². The maximum Gasteiger partial charge on any atom is 0.270 e. The van der Waals surface area contributed by atoms with Gasteiger partial charge in [-0.25, -0.2) is 4.98 Å². The number of imidazole rings is 1. The molecular weight excluding hydrogens is 330 g/mol. The van der Waals surface area contributed by atoms with E-state index in [2.05, 4.69) is 26.9 Å². The number of fused-ring (bicyclic) bond motifs is 1. The minimum Gasteiger partial charge on any atom is -0.369 e. The standard InChI is InChI=1S/C19H27N5O2/c1-4-24-18(16-7-12(2)26-13(3)17(16)22-24)19(25)21-15-8-14(9-15)10-23-6-5-20-11-23/h5-6,11-15H,4,7-10H2,1-3H3,(H,21,25)/t12-,13+,14?,15?/m0/s1. The molecular formula is C19H27N5O2. The van der Waals surface area contributed by atoms with Gasteiger partial charge in [0.15, 0.2) is 0 Å². The Morgan fingerprint density at radius 1 is 1.38 bits per heavy atom. The first-order chi connectivity index (χ1) is 12.5. The summed E-state index contributed by atoms with van der Waals surface area (Å²) in [4.78, 5) is 17.0. The molecule has 1 aliphatic heterocycles. The average Bonchev–Trinajstić information content (AvgIpc) is 3.19. The van der Waals surface area contributed by atoms with Crippen LogP contribution in [0.15, 0.2) is 18.7 Å². The molecule has 140 valence electrons. The molecule has 0 bridgehead atoms. The van der Waals surface area contributed by atoms with Crippen LogP contribution in [0.25, 0.3) is 0 Å². The summed E-state index contributed by atoms with van der Waals surface area (Å²) in [7, 11) is 0. The van der Waals surface area contributed by atoms with Crippen LogP contribution in [0.4, 0.5) is 0 Å². The highest BCUT2D eigenvalue weighted by atomic mass is 16.5. The van der Waals surface area contributed by atoms with Gasteiger partial charge >= 0.3 is 0 Å². The highest BCUT2D eigenvalue weighted by Gasteiger charge is 2.35. The molecule has 0 spiro atoms. The molecule has 2 aromatic rings. The van der Waals surface area contributed by atoms with Gasteiger partial charge in [0.05, 0.1) is 24.2 Å². The number of hydrogen-bond acceptors (Lipinski definition) is 4. The van der Waals surface area contributed by atoms with E-state index >= 15 is 0 Å². The Labute approximate surface area is 153 Å². The highest BCUT2D eigenvalue weighted by molar-refractivity contribution is 5.94. The molecule has 1 saturated carbocycles. The second kappa shape index (κ2) is 6.87. The maximum absolute atomic E-state index is 13.0. The normalized spacial score (nSPS) is 27.7. The largest absolute Gasteiger partial charge is 0.369 e. The zero-order valence-corrected chi connectivity index (χ0v) is 15.7. The smallest absolute Gasteiger partial charge is 0.270 e. The fourth-order valence-corrected chi connectivity index (χ4v) is 4.23. The van der Waals surface area contributed by atoms with E-state index < -0.39 is 0 Å². The lowest BCUT2D eigenvalue weighted by Gasteiger charge is -2.36. The Morgan fingerprint density at radius 3 is 2.88 bits per heavy atom. The molecule has 7 nitrogen and oxygen atoms in total. The predicted octanol–water partition coefficient (Wildman–Crippen LogP) is 2.33. The molecule has 1 fully saturated rings. The van der Waals surface area contributed by atoms with E-state index in [1.807, 2.05) is 31.1 Å². The molecule has 2 aliphatic rings. The Hall–Kier alpha value is -2.15. The summed E-state index contributed by atoms with van der Waals surface area (Å²) in [5.41, 5.74) is 2.70. The van der Waals surface area contributed by atoms with E-state index in [0.717, 1.165) is 42.8 Å². The van der Waals surface area contributed by atoms with E-state index in [1.165, 1.54) is 0 Å². The lowest BCUT2D eigenvalue weighted by Crippen LogP contribution is -2.46. The van der Waals surface area contributed by atoms with Crippen LogP contribution in [0, 0.1) is 5.92 Å². The maximum atomic E-state index is 13.0. The van der Waals surface area contributed by atoms with Crippen molar-refractivity contribution in [1.82, 2.24) is 24.6 Å². The van der Waals surface area contributed by atoms with Crippen LogP contribution in [-0.2, 0) is 24.2 Å². The number of ether oxygens (including phenoxy) is 1. The fourth-order valence-electron chi connectivity index (χ4n) is 4.23. The van der Waals surface area contributed by atoms with Gasteiger partial charge in [0, 0.05) is 43.5 Å². The number of carbonyl (C=O) groups excluding carboxylic acids is 1. The number of aryl methyl sites for hydroxylation is 1. The highest BCUT2D eigenvalue weighted by Crippen LogP contribution is 2.33. The van der Waals surface area contributed by atoms with Gasteiger partial charge in [0.1, 0.15) is 5.69 Å². The Kier molecular flexibility index (Phi) is 4.56. The molecule has 1 N–H and O–H groups in total. The fraction of sp³-hybridized carbons (Fsp3) is 0.632. The Morgan fingerprint density at radius 2 is 2.19 bits per heavy atom. The van der Waals surface area contributed by atoms with Gasteiger partial charge in [0.2, 0.25) is 0 Å². The summed E-state index contributed by atoms with van der Waals surface area (Å²) in [5, 5.41) is 7.86. The Balaban J connectivity index is 1.43. The van der Waals surface area contributed by atoms with E-state index in [-0.39, 0.29) is 24.2 Å². The summed E-state index contributed by atoms with van der Waals surface area (Å²) < 4.78 is 9.81. The molecule has 3 heterocycles. The first-order valence-corrected chi connectivity index (χ1v) is 9.56. The quantitative estimate of drug-likeness (QED) is 0.891. The number of hydrogen-bond donors (Lipinski definition) is 1. The number of aromatic nitrogens is 4. The molecule has 0 unspecified atom stereocenters. The molecule has 0 aromatic carbocycles. The van der Waals surface area contributed by atoms with Crippen LogP contribution in [0.1, 0.15) is 61.5 Å². The third-order valence-corrected chi connectivity index (χ3v) is 5.51. The summed E-state index contributed by atoms with van der Waals surface area (Å²) in [6.07, 6.45) is 8.47. The molecule has 4 rings (SSSR count). The molecule has 1 amide bonds. The van der Waals surface area contributed by atoms with Crippen LogP contribution in [0.3, 0.4) is 0 Å². The van der Waals surface area contributed by atoms with Gasteiger partial charge in [0.25, 0.3) is 5.91 Å².